The molecule has 1 aromatic carbocycles. The van der Waals surface area contributed by atoms with Crippen LogP contribution in [-0.4, -0.2) is 78.9 Å². The second-order valence-electron chi connectivity index (χ2n) is 9.23. The highest BCUT2D eigenvalue weighted by molar-refractivity contribution is 7.92. The van der Waals surface area contributed by atoms with E-state index in [1.165, 1.54) is 23.3 Å². The van der Waals surface area contributed by atoms with E-state index in [1.54, 1.807) is 18.5 Å². The lowest BCUT2D eigenvalue weighted by Crippen LogP contribution is -2.46. The summed E-state index contributed by atoms with van der Waals surface area (Å²) in [6.45, 7) is 7.99. The molecule has 1 N–H and O–H groups in total. The van der Waals surface area contributed by atoms with Crippen molar-refractivity contribution in [3.63, 3.8) is 0 Å². The van der Waals surface area contributed by atoms with Gasteiger partial charge in [-0.3, -0.25) is 4.31 Å². The van der Waals surface area contributed by atoms with E-state index in [2.05, 4.69) is 56.3 Å². The molecule has 0 aliphatic carbocycles. The molecule has 0 saturated carbocycles. The van der Waals surface area contributed by atoms with Crippen LogP contribution in [0.3, 0.4) is 0 Å². The van der Waals surface area contributed by atoms with E-state index in [0.29, 0.717) is 18.3 Å². The molecule has 11 heteroatoms. The minimum absolute atomic E-state index is 0.399. The van der Waals surface area contributed by atoms with E-state index in [0.717, 1.165) is 55.0 Å². The summed E-state index contributed by atoms with van der Waals surface area (Å²) in [6.07, 6.45) is 6.47. The molecule has 1 aliphatic rings. The molecule has 3 aromatic heterocycles. The van der Waals surface area contributed by atoms with Crippen molar-refractivity contribution in [2.24, 2.45) is 0 Å². The molecule has 0 atom stereocenters. The molecule has 0 amide bonds. The van der Waals surface area contributed by atoms with Crippen LogP contribution in [0.4, 0.5) is 23.1 Å². The summed E-state index contributed by atoms with van der Waals surface area (Å²) < 4.78 is 27.4. The van der Waals surface area contributed by atoms with Crippen LogP contribution in [0.25, 0.3) is 11.0 Å². The summed E-state index contributed by atoms with van der Waals surface area (Å²) in [5.74, 6) is 0.895. The lowest BCUT2D eigenvalue weighted by Gasteiger charge is -2.35. The van der Waals surface area contributed by atoms with Crippen LogP contribution in [0.5, 0.6) is 0 Å². The molecule has 5 rings (SSSR count). The van der Waals surface area contributed by atoms with Gasteiger partial charge < -0.3 is 19.7 Å². The predicted octanol–water partition coefficient (Wildman–Crippen LogP) is 3.16. The van der Waals surface area contributed by atoms with Crippen LogP contribution in [0.2, 0.25) is 0 Å². The summed E-state index contributed by atoms with van der Waals surface area (Å²) in [4.78, 5) is 18.4. The Bertz CT molecular complexity index is 1480. The van der Waals surface area contributed by atoms with E-state index in [4.69, 9.17) is 4.98 Å². The third-order valence-electron chi connectivity index (χ3n) is 6.81. The van der Waals surface area contributed by atoms with Crippen molar-refractivity contribution < 1.29 is 8.42 Å². The zero-order valence-electron chi connectivity index (χ0n) is 21.4. The van der Waals surface area contributed by atoms with Gasteiger partial charge in [-0.1, -0.05) is 13.0 Å². The zero-order valence-corrected chi connectivity index (χ0v) is 22.2. The molecule has 4 heterocycles. The van der Waals surface area contributed by atoms with Crippen molar-refractivity contribution in [3.05, 3.63) is 66.6 Å². The molecule has 0 spiro atoms. The Morgan fingerprint density at radius 3 is 2.49 bits per heavy atom. The lowest BCUT2D eigenvalue weighted by atomic mass is 10.2. The number of nitrogens with zero attached hydrogens (tertiary/aromatic N) is 7. The number of sulfonamides is 1. The SMILES string of the molecule is CCN1CCN(c2ccc(Nc3ncc4ccn(Cc5cccnc5N(C)S(C)(=O)=O)c4n3)cc2)CC1. The van der Waals surface area contributed by atoms with E-state index < -0.39 is 10.0 Å². The topological polar surface area (TPSA) is 99.5 Å². The maximum atomic E-state index is 12.1. The summed E-state index contributed by atoms with van der Waals surface area (Å²) in [7, 11) is -1.93. The fraction of sp³-hybridized carbons (Fsp3) is 0.346. The van der Waals surface area contributed by atoms with Gasteiger partial charge in [0.15, 0.2) is 0 Å². The number of hydrogen-bond donors (Lipinski definition) is 1. The zero-order chi connectivity index (χ0) is 26.0. The number of fused-ring (bicyclic) bond motifs is 1. The Kier molecular flexibility index (Phi) is 6.98. The third kappa shape index (κ3) is 5.52. The van der Waals surface area contributed by atoms with Gasteiger partial charge >= 0.3 is 0 Å². The number of hydrogen-bond acceptors (Lipinski definition) is 8. The highest BCUT2D eigenvalue weighted by Crippen LogP contribution is 2.24. The first-order valence-corrected chi connectivity index (χ1v) is 14.2. The van der Waals surface area contributed by atoms with Crippen molar-refractivity contribution in [2.45, 2.75) is 13.5 Å². The fourth-order valence-electron chi connectivity index (χ4n) is 4.54. The second kappa shape index (κ2) is 10.3. The third-order valence-corrected chi connectivity index (χ3v) is 7.98. The minimum atomic E-state index is -3.43. The molecule has 10 nitrogen and oxygen atoms in total. The van der Waals surface area contributed by atoms with Gasteiger partial charge in [0, 0.05) is 74.1 Å². The molecular formula is C26H32N8O2S. The number of benzene rings is 1. The predicted molar refractivity (Wildman–Crippen MR) is 148 cm³/mol. The van der Waals surface area contributed by atoms with Gasteiger partial charge in [0.2, 0.25) is 16.0 Å². The first-order chi connectivity index (χ1) is 17.8. The first-order valence-electron chi connectivity index (χ1n) is 12.4. The maximum absolute atomic E-state index is 12.1. The smallest absolute Gasteiger partial charge is 0.233 e. The van der Waals surface area contributed by atoms with Gasteiger partial charge in [0.05, 0.1) is 12.8 Å². The largest absolute Gasteiger partial charge is 0.369 e. The quantitative estimate of drug-likeness (QED) is 0.378. The summed E-state index contributed by atoms with van der Waals surface area (Å²) in [6, 6.07) is 14.0. The Morgan fingerprint density at radius 2 is 1.78 bits per heavy atom. The fourth-order valence-corrected chi connectivity index (χ4v) is 5.02. The van der Waals surface area contributed by atoms with Crippen LogP contribution in [0, 0.1) is 0 Å². The molecule has 37 heavy (non-hydrogen) atoms. The van der Waals surface area contributed by atoms with E-state index in [9.17, 15) is 8.42 Å². The number of piperazine rings is 1. The lowest BCUT2D eigenvalue weighted by molar-refractivity contribution is 0.271. The van der Waals surface area contributed by atoms with Gasteiger partial charge in [0.1, 0.15) is 11.5 Å². The Hall–Kier alpha value is -3.70. The molecule has 1 saturated heterocycles. The average Bonchev–Trinajstić information content (AvgIpc) is 3.30. The van der Waals surface area contributed by atoms with Crippen molar-refractivity contribution >= 4 is 44.2 Å². The number of pyridine rings is 1. The Morgan fingerprint density at radius 1 is 1.03 bits per heavy atom. The molecule has 194 valence electrons. The van der Waals surface area contributed by atoms with Crippen molar-refractivity contribution in [3.8, 4) is 0 Å². The number of nitrogens with one attached hydrogen (secondary N) is 1. The van der Waals surface area contributed by atoms with Gasteiger partial charge in [-0.2, -0.15) is 4.98 Å². The number of anilines is 4. The monoisotopic (exact) mass is 520 g/mol. The molecule has 0 radical (unpaired) electrons. The molecule has 1 aliphatic heterocycles. The van der Waals surface area contributed by atoms with Crippen LogP contribution in [0.15, 0.2) is 61.1 Å². The van der Waals surface area contributed by atoms with Gasteiger partial charge in [-0.05, 0) is 42.9 Å². The number of rotatable bonds is 8. The highest BCUT2D eigenvalue weighted by atomic mass is 32.2. The number of aromatic nitrogens is 4. The van der Waals surface area contributed by atoms with E-state index in [-0.39, 0.29) is 0 Å². The second-order valence-corrected chi connectivity index (χ2v) is 11.2. The molecule has 1 fully saturated rings. The molecular weight excluding hydrogens is 488 g/mol. The molecule has 0 unspecified atom stereocenters. The maximum Gasteiger partial charge on any atom is 0.233 e. The van der Waals surface area contributed by atoms with Crippen molar-refractivity contribution in [1.82, 2.24) is 24.4 Å². The van der Waals surface area contributed by atoms with E-state index >= 15 is 0 Å². The van der Waals surface area contributed by atoms with Gasteiger partial charge in [0.25, 0.3) is 0 Å². The van der Waals surface area contributed by atoms with Gasteiger partial charge in [-0.15, -0.1) is 0 Å². The standard InChI is InChI=1S/C26H32N8O2S/c1-4-32-14-16-33(17-15-32)23-9-7-22(8-10-23)29-26-28-18-20-11-13-34(25(20)30-26)19-21-6-5-12-27-24(21)31(2)37(3,35)36/h5-13,18H,4,14-17,19H2,1-3H3,(H,28,29,30). The van der Waals surface area contributed by atoms with Gasteiger partial charge in [-0.25, -0.2) is 18.4 Å². The molecule has 0 bridgehead atoms. The van der Waals surface area contributed by atoms with E-state index in [1.807, 2.05) is 22.9 Å². The molecule has 4 aromatic rings. The van der Waals surface area contributed by atoms with Crippen molar-refractivity contribution in [1.29, 1.82) is 0 Å². The Labute approximate surface area is 217 Å². The highest BCUT2D eigenvalue weighted by Gasteiger charge is 2.18. The number of likely N-dealkylation sites (N-methyl/N-ethyl adjacent to an activating group) is 1. The minimum Gasteiger partial charge on any atom is -0.369 e. The van der Waals surface area contributed by atoms with Crippen LogP contribution >= 0.6 is 0 Å². The van der Waals surface area contributed by atoms with Crippen LogP contribution in [-0.2, 0) is 16.6 Å². The first kappa shape index (κ1) is 25.0. The van der Waals surface area contributed by atoms with Crippen molar-refractivity contribution in [2.75, 3.05) is 60.5 Å². The summed E-state index contributed by atoms with van der Waals surface area (Å²) in [5, 5.41) is 4.21. The van der Waals surface area contributed by atoms with Crippen LogP contribution in [0.1, 0.15) is 12.5 Å². The Balaban J connectivity index is 1.33. The average molecular weight is 521 g/mol. The summed E-state index contributed by atoms with van der Waals surface area (Å²) >= 11 is 0. The normalized spacial score (nSPS) is 14.7. The van der Waals surface area contributed by atoms with Crippen LogP contribution < -0.4 is 14.5 Å². The summed E-state index contributed by atoms with van der Waals surface area (Å²) in [5.41, 5.74) is 3.66.